The van der Waals surface area contributed by atoms with Gasteiger partial charge in [0.25, 0.3) is 0 Å². The Balaban J connectivity index is 2.70. The number of ether oxygens (including phenoxy) is 1. The normalized spacial score (nSPS) is 22.9. The number of carbonyl (C=O) groups excluding carboxylic acids is 1. The van der Waals surface area contributed by atoms with Gasteiger partial charge >= 0.3 is 0 Å². The minimum atomic E-state index is -0.588. The van der Waals surface area contributed by atoms with Gasteiger partial charge in [0.1, 0.15) is 5.82 Å². The first kappa shape index (κ1) is 14.8. The van der Waals surface area contributed by atoms with E-state index in [9.17, 15) is 9.18 Å². The van der Waals surface area contributed by atoms with Crippen molar-refractivity contribution in [2.24, 2.45) is 5.41 Å². The summed E-state index contributed by atoms with van der Waals surface area (Å²) in [5.74, 6) is -0.0303. The maximum Gasteiger partial charge on any atom is 0.218 e. The molecule has 20 heavy (non-hydrogen) atoms. The Morgan fingerprint density at radius 2 is 2.20 bits per heavy atom. The third-order valence-electron chi connectivity index (χ3n) is 4.25. The van der Waals surface area contributed by atoms with Gasteiger partial charge in [-0.2, -0.15) is 0 Å². The summed E-state index contributed by atoms with van der Waals surface area (Å²) in [7, 11) is 1.51. The molecule has 1 atom stereocenters. The number of aromatic nitrogens is 1. The molecule has 2 rings (SSSR count). The van der Waals surface area contributed by atoms with E-state index in [2.05, 4.69) is 25.8 Å². The molecule has 0 saturated carbocycles. The van der Waals surface area contributed by atoms with Crippen molar-refractivity contribution >= 4 is 6.41 Å². The number of amides is 1. The number of pyridine rings is 1. The van der Waals surface area contributed by atoms with Gasteiger partial charge < -0.3 is 9.64 Å². The van der Waals surface area contributed by atoms with E-state index in [1.54, 1.807) is 4.90 Å². The molecule has 1 aliphatic heterocycles. The number of hydrogen-bond donors (Lipinski definition) is 0. The number of rotatable bonds is 3. The molecular formula is C15H21FN2O2. The van der Waals surface area contributed by atoms with E-state index in [1.165, 1.54) is 13.2 Å². The average Bonchev–Trinajstić information content (AvgIpc) is 2.82. The highest BCUT2D eigenvalue weighted by Gasteiger charge is 2.52. The fourth-order valence-electron chi connectivity index (χ4n) is 3.37. The predicted octanol–water partition coefficient (Wildman–Crippen LogP) is 2.72. The fraction of sp³-hybridized carbons (Fsp3) is 0.600. The first-order valence-electron chi connectivity index (χ1n) is 6.79. The van der Waals surface area contributed by atoms with Crippen molar-refractivity contribution in [2.45, 2.75) is 39.2 Å². The molecule has 1 aromatic heterocycles. The highest BCUT2D eigenvalue weighted by atomic mass is 19.1. The zero-order valence-electron chi connectivity index (χ0n) is 12.4. The molecule has 1 fully saturated rings. The topological polar surface area (TPSA) is 42.4 Å². The number of methoxy groups -OCH3 is 1. The molecule has 0 aliphatic carbocycles. The molecule has 0 radical (unpaired) electrons. The Hall–Kier alpha value is -1.65. The van der Waals surface area contributed by atoms with Crippen LogP contribution < -0.4 is 4.74 Å². The second-order valence-corrected chi connectivity index (χ2v) is 6.22. The minimum absolute atomic E-state index is 0.257. The average molecular weight is 280 g/mol. The van der Waals surface area contributed by atoms with Crippen LogP contribution in [0.5, 0.6) is 5.88 Å². The molecule has 4 nitrogen and oxygen atoms in total. The van der Waals surface area contributed by atoms with Gasteiger partial charge in [-0.05, 0) is 24.3 Å². The lowest BCUT2D eigenvalue weighted by atomic mass is 9.68. The summed E-state index contributed by atoms with van der Waals surface area (Å²) in [6, 6.07) is 1.44. The van der Waals surface area contributed by atoms with Crippen LogP contribution in [0, 0.1) is 11.2 Å². The molecule has 0 spiro atoms. The maximum absolute atomic E-state index is 13.7. The van der Waals surface area contributed by atoms with Gasteiger partial charge in [0, 0.05) is 12.1 Å². The number of likely N-dealkylation sites (tertiary alicyclic amines) is 1. The van der Waals surface area contributed by atoms with Crippen molar-refractivity contribution < 1.29 is 13.9 Å². The molecule has 0 N–H and O–H groups in total. The van der Waals surface area contributed by atoms with E-state index in [0.29, 0.717) is 18.0 Å². The van der Waals surface area contributed by atoms with Gasteiger partial charge in [0.05, 0.1) is 18.8 Å². The van der Waals surface area contributed by atoms with Crippen molar-refractivity contribution in [1.29, 1.82) is 0 Å². The van der Waals surface area contributed by atoms with Crippen molar-refractivity contribution in [3.05, 3.63) is 23.6 Å². The second kappa shape index (κ2) is 5.04. The quantitative estimate of drug-likeness (QED) is 0.799. The number of hydrogen-bond acceptors (Lipinski definition) is 3. The van der Waals surface area contributed by atoms with Gasteiger partial charge in [-0.15, -0.1) is 0 Å². The van der Waals surface area contributed by atoms with Gasteiger partial charge in [0.2, 0.25) is 12.3 Å². The fourth-order valence-corrected chi connectivity index (χ4v) is 3.37. The predicted molar refractivity (Wildman–Crippen MR) is 73.9 cm³/mol. The van der Waals surface area contributed by atoms with E-state index in [1.807, 2.05) is 0 Å². The van der Waals surface area contributed by atoms with Crippen LogP contribution in [0.4, 0.5) is 4.39 Å². The zero-order chi connectivity index (χ0) is 15.0. The summed E-state index contributed by atoms with van der Waals surface area (Å²) >= 11 is 0. The van der Waals surface area contributed by atoms with Crippen molar-refractivity contribution in [2.75, 3.05) is 13.7 Å². The third kappa shape index (κ3) is 2.05. The van der Waals surface area contributed by atoms with Crippen LogP contribution in [-0.4, -0.2) is 29.9 Å². The largest absolute Gasteiger partial charge is 0.481 e. The Kier molecular flexibility index (Phi) is 3.71. The summed E-state index contributed by atoms with van der Waals surface area (Å²) in [4.78, 5) is 17.3. The Morgan fingerprint density at radius 1 is 1.50 bits per heavy atom. The number of carbonyl (C=O) groups is 1. The number of nitrogens with zero attached hydrogens (tertiary/aromatic N) is 2. The van der Waals surface area contributed by atoms with Crippen LogP contribution in [0.1, 0.15) is 39.2 Å². The van der Waals surface area contributed by atoms with E-state index >= 15 is 0 Å². The zero-order valence-corrected chi connectivity index (χ0v) is 12.4. The molecule has 1 aromatic rings. The van der Waals surface area contributed by atoms with Crippen LogP contribution in [0.15, 0.2) is 12.3 Å². The Bertz CT molecular complexity index is 513. The molecule has 0 aromatic carbocycles. The van der Waals surface area contributed by atoms with Crippen LogP contribution >= 0.6 is 0 Å². The van der Waals surface area contributed by atoms with E-state index in [-0.39, 0.29) is 5.41 Å². The smallest absolute Gasteiger partial charge is 0.218 e. The first-order valence-corrected chi connectivity index (χ1v) is 6.79. The van der Waals surface area contributed by atoms with Gasteiger partial charge in [-0.25, -0.2) is 9.37 Å². The summed E-state index contributed by atoms with van der Waals surface area (Å²) in [5.41, 5.74) is -0.195. The van der Waals surface area contributed by atoms with Crippen molar-refractivity contribution in [3.63, 3.8) is 0 Å². The summed E-state index contributed by atoms with van der Waals surface area (Å²) in [6.07, 6.45) is 3.65. The minimum Gasteiger partial charge on any atom is -0.481 e. The molecule has 1 saturated heterocycles. The molecule has 1 amide bonds. The highest BCUT2D eigenvalue weighted by molar-refractivity contribution is 5.53. The highest BCUT2D eigenvalue weighted by Crippen LogP contribution is 2.52. The van der Waals surface area contributed by atoms with Gasteiger partial charge in [-0.3, -0.25) is 4.79 Å². The second-order valence-electron chi connectivity index (χ2n) is 6.22. The third-order valence-corrected chi connectivity index (χ3v) is 4.25. The molecule has 110 valence electrons. The molecule has 1 aliphatic rings. The van der Waals surface area contributed by atoms with Gasteiger partial charge in [-0.1, -0.05) is 20.8 Å². The molecular weight excluding hydrogens is 259 g/mol. The maximum atomic E-state index is 13.7. The van der Waals surface area contributed by atoms with Crippen LogP contribution in [0.25, 0.3) is 0 Å². The summed E-state index contributed by atoms with van der Waals surface area (Å²) in [6.45, 7) is 6.83. The lowest BCUT2D eigenvalue weighted by Gasteiger charge is -2.47. The van der Waals surface area contributed by atoms with E-state index in [0.717, 1.165) is 25.4 Å². The monoisotopic (exact) mass is 280 g/mol. The SMILES string of the molecule is COc1ncc(F)cc1[C@]1(C(C)(C)C)CCCN1C=O. The summed E-state index contributed by atoms with van der Waals surface area (Å²) < 4.78 is 19.0. The molecule has 0 bridgehead atoms. The first-order chi connectivity index (χ1) is 9.36. The Morgan fingerprint density at radius 3 is 2.75 bits per heavy atom. The molecule has 0 unspecified atom stereocenters. The lowest BCUT2D eigenvalue weighted by Crippen LogP contribution is -2.50. The van der Waals surface area contributed by atoms with E-state index < -0.39 is 11.4 Å². The summed E-state index contributed by atoms with van der Waals surface area (Å²) in [5, 5.41) is 0. The van der Waals surface area contributed by atoms with Gasteiger partial charge in [0.15, 0.2) is 0 Å². The number of halogens is 1. The lowest BCUT2D eigenvalue weighted by molar-refractivity contribution is -0.126. The Labute approximate surface area is 118 Å². The van der Waals surface area contributed by atoms with Crippen LogP contribution in [-0.2, 0) is 10.3 Å². The molecule has 2 heterocycles. The molecule has 5 heteroatoms. The standard InChI is InChI=1S/C15H21FN2O2/c1-14(2,3)15(6-5-7-18(15)10-19)12-8-11(16)9-17-13(12)20-4/h8-10H,5-7H2,1-4H3/t15-/m0/s1. The van der Waals surface area contributed by atoms with Crippen molar-refractivity contribution in [1.82, 2.24) is 9.88 Å². The van der Waals surface area contributed by atoms with Crippen molar-refractivity contribution in [3.8, 4) is 5.88 Å². The van der Waals surface area contributed by atoms with Crippen LogP contribution in [0.2, 0.25) is 0 Å². The van der Waals surface area contributed by atoms with E-state index in [4.69, 9.17) is 4.74 Å². The van der Waals surface area contributed by atoms with Crippen LogP contribution in [0.3, 0.4) is 0 Å².